The number of benzene rings is 1. The van der Waals surface area contributed by atoms with Crippen LogP contribution < -0.4 is 11.0 Å². The lowest BCUT2D eigenvalue weighted by Crippen LogP contribution is -2.34. The van der Waals surface area contributed by atoms with Crippen LogP contribution in [-0.4, -0.2) is 56.0 Å². The van der Waals surface area contributed by atoms with Gasteiger partial charge >= 0.3 is 5.69 Å². The van der Waals surface area contributed by atoms with Crippen LogP contribution in [0.4, 0.5) is 5.82 Å². The van der Waals surface area contributed by atoms with Crippen molar-refractivity contribution in [3.63, 3.8) is 0 Å². The van der Waals surface area contributed by atoms with Crippen LogP contribution in [0.15, 0.2) is 47.4 Å². The van der Waals surface area contributed by atoms with Crippen LogP contribution in [-0.2, 0) is 4.74 Å². The fraction of sp³-hybridized carbons (Fsp3) is 0.353. The van der Waals surface area contributed by atoms with Crippen molar-refractivity contribution in [2.45, 2.75) is 23.7 Å². The number of anilines is 1. The van der Waals surface area contributed by atoms with E-state index < -0.39 is 29.4 Å². The first-order valence-electron chi connectivity index (χ1n) is 7.98. The summed E-state index contributed by atoms with van der Waals surface area (Å²) in [6.07, 6.45) is 0.829. The average Bonchev–Trinajstić information content (AvgIpc) is 2.98. The number of amides is 1. The minimum atomic E-state index is -0.899. The van der Waals surface area contributed by atoms with Gasteiger partial charge in [-0.25, -0.2) is 4.79 Å². The molecule has 138 valence electrons. The summed E-state index contributed by atoms with van der Waals surface area (Å²) in [4.78, 5) is 28.4. The van der Waals surface area contributed by atoms with Gasteiger partial charge in [0, 0.05) is 11.8 Å². The lowest BCUT2D eigenvalue weighted by molar-refractivity contribution is -0.0456. The Kier molecular flexibility index (Phi) is 5.72. The zero-order chi connectivity index (χ0) is 18.7. The summed E-state index contributed by atoms with van der Waals surface area (Å²) in [5.41, 5.74) is -0.167. The molecule has 2 heterocycles. The van der Waals surface area contributed by atoms with E-state index in [9.17, 15) is 19.8 Å². The van der Waals surface area contributed by atoms with E-state index in [2.05, 4.69) is 10.3 Å². The smallest absolute Gasteiger partial charge is 0.351 e. The molecule has 0 saturated carbocycles. The molecule has 0 unspecified atom stereocenters. The fourth-order valence-electron chi connectivity index (χ4n) is 2.80. The highest BCUT2D eigenvalue weighted by Gasteiger charge is 2.44. The van der Waals surface area contributed by atoms with E-state index >= 15 is 0 Å². The molecular formula is C17H19N3O5S. The van der Waals surface area contributed by atoms with E-state index in [1.54, 1.807) is 36.6 Å². The van der Waals surface area contributed by atoms with Gasteiger partial charge in [-0.15, -0.1) is 0 Å². The maximum atomic E-state index is 12.4. The molecule has 1 saturated heterocycles. The van der Waals surface area contributed by atoms with E-state index in [-0.39, 0.29) is 18.3 Å². The van der Waals surface area contributed by atoms with E-state index in [1.165, 1.54) is 28.6 Å². The van der Waals surface area contributed by atoms with Crippen molar-refractivity contribution in [2.75, 3.05) is 18.2 Å². The molecule has 3 N–H and O–H groups in total. The molecule has 1 amide bonds. The second-order valence-corrected chi connectivity index (χ2v) is 6.78. The van der Waals surface area contributed by atoms with Crippen LogP contribution in [0.3, 0.4) is 0 Å². The third kappa shape index (κ3) is 3.65. The Labute approximate surface area is 153 Å². The molecule has 26 heavy (non-hydrogen) atoms. The fourth-order valence-corrected chi connectivity index (χ4v) is 3.68. The molecular weight excluding hydrogens is 358 g/mol. The number of aliphatic hydroxyl groups excluding tert-OH is 2. The standard InChI is InChI=1S/C17H19N3O5S/c1-26-14-13(22)11(9-21)25-16(14)20-8-7-12(19-17(20)24)18-15(23)10-5-3-2-4-6-10/h2-8,11,13-14,16,21-22H,9H2,1H3,(H,18,19,23,24)/t11-,13-,14-,16-/m1/s1. The van der Waals surface area contributed by atoms with E-state index in [0.717, 1.165) is 0 Å². The number of thioether (sulfide) groups is 1. The van der Waals surface area contributed by atoms with Crippen molar-refractivity contribution in [1.82, 2.24) is 9.55 Å². The Bertz CT molecular complexity index is 829. The number of ether oxygens (including phenoxy) is 1. The summed E-state index contributed by atoms with van der Waals surface area (Å²) in [5.74, 6) is -0.247. The molecule has 9 heteroatoms. The van der Waals surface area contributed by atoms with Gasteiger partial charge in [0.1, 0.15) is 11.9 Å². The first-order valence-corrected chi connectivity index (χ1v) is 9.26. The number of aliphatic hydroxyl groups is 2. The zero-order valence-electron chi connectivity index (χ0n) is 14.0. The van der Waals surface area contributed by atoms with Crippen molar-refractivity contribution in [2.24, 2.45) is 0 Å². The van der Waals surface area contributed by atoms with E-state index in [0.29, 0.717) is 5.56 Å². The average molecular weight is 377 g/mol. The van der Waals surface area contributed by atoms with Gasteiger partial charge in [0.25, 0.3) is 5.91 Å². The minimum Gasteiger partial charge on any atom is -0.394 e. The predicted molar refractivity (Wildman–Crippen MR) is 97.2 cm³/mol. The lowest BCUT2D eigenvalue weighted by atomic mass is 10.2. The van der Waals surface area contributed by atoms with Gasteiger partial charge in [0.2, 0.25) is 0 Å². The molecule has 0 bridgehead atoms. The molecule has 3 rings (SSSR count). The van der Waals surface area contributed by atoms with Crippen molar-refractivity contribution < 1.29 is 19.7 Å². The molecule has 1 aliphatic rings. The van der Waals surface area contributed by atoms with Crippen LogP contribution in [0.2, 0.25) is 0 Å². The molecule has 1 aliphatic heterocycles. The molecule has 1 aromatic heterocycles. The number of carbonyl (C=O) groups excluding carboxylic acids is 1. The maximum absolute atomic E-state index is 12.4. The van der Waals surface area contributed by atoms with Crippen LogP contribution in [0.25, 0.3) is 0 Å². The number of carbonyl (C=O) groups is 1. The van der Waals surface area contributed by atoms with Gasteiger partial charge < -0.3 is 20.3 Å². The van der Waals surface area contributed by atoms with Crippen LogP contribution >= 0.6 is 11.8 Å². The molecule has 4 atom stereocenters. The summed E-state index contributed by atoms with van der Waals surface area (Å²) in [7, 11) is 0. The minimum absolute atomic E-state index is 0.123. The molecule has 0 spiro atoms. The Morgan fingerprint density at radius 2 is 2.08 bits per heavy atom. The van der Waals surface area contributed by atoms with Crippen molar-refractivity contribution in [1.29, 1.82) is 0 Å². The predicted octanol–water partition coefficient (Wildman–Crippen LogP) is 0.478. The van der Waals surface area contributed by atoms with Crippen LogP contribution in [0.5, 0.6) is 0 Å². The Morgan fingerprint density at radius 1 is 1.35 bits per heavy atom. The first kappa shape index (κ1) is 18.6. The monoisotopic (exact) mass is 377 g/mol. The van der Waals surface area contributed by atoms with Gasteiger partial charge in [-0.05, 0) is 24.5 Å². The largest absolute Gasteiger partial charge is 0.394 e. The zero-order valence-corrected chi connectivity index (χ0v) is 14.8. The van der Waals surface area contributed by atoms with Gasteiger partial charge in [-0.3, -0.25) is 9.36 Å². The topological polar surface area (TPSA) is 114 Å². The normalized spacial score (nSPS) is 25.2. The molecule has 0 radical (unpaired) electrons. The Hall–Kier alpha value is -2.20. The molecule has 0 aliphatic carbocycles. The summed E-state index contributed by atoms with van der Waals surface area (Å²) < 4.78 is 6.85. The summed E-state index contributed by atoms with van der Waals surface area (Å²) in [5, 5.41) is 21.6. The van der Waals surface area contributed by atoms with Gasteiger partial charge in [0.05, 0.1) is 18.0 Å². The first-order chi connectivity index (χ1) is 12.5. The Morgan fingerprint density at radius 3 is 2.69 bits per heavy atom. The highest BCUT2D eigenvalue weighted by Crippen LogP contribution is 2.35. The highest BCUT2D eigenvalue weighted by atomic mass is 32.2. The van der Waals surface area contributed by atoms with Crippen LogP contribution in [0, 0.1) is 0 Å². The van der Waals surface area contributed by atoms with E-state index in [4.69, 9.17) is 4.74 Å². The second-order valence-electron chi connectivity index (χ2n) is 5.76. The SMILES string of the molecule is CS[C@@H]1[C@H](O)[C@@H](CO)O[C@H]1n1ccc(NC(=O)c2ccccc2)nc1=O. The molecule has 8 nitrogen and oxygen atoms in total. The number of rotatable bonds is 5. The Balaban J connectivity index is 1.80. The maximum Gasteiger partial charge on any atom is 0.351 e. The van der Waals surface area contributed by atoms with Crippen molar-refractivity contribution in [3.05, 3.63) is 58.6 Å². The molecule has 1 aromatic carbocycles. The molecule has 1 fully saturated rings. The van der Waals surface area contributed by atoms with Crippen molar-refractivity contribution in [3.8, 4) is 0 Å². The number of nitrogens with zero attached hydrogens (tertiary/aromatic N) is 2. The summed E-state index contributed by atoms with van der Waals surface area (Å²) >= 11 is 1.34. The summed E-state index contributed by atoms with van der Waals surface area (Å²) in [6, 6.07) is 10.1. The quantitative estimate of drug-likeness (QED) is 0.694. The number of nitrogens with one attached hydrogen (secondary N) is 1. The third-order valence-electron chi connectivity index (χ3n) is 4.15. The lowest BCUT2D eigenvalue weighted by Gasteiger charge is -2.20. The molecule has 2 aromatic rings. The van der Waals surface area contributed by atoms with Crippen molar-refractivity contribution >= 4 is 23.5 Å². The van der Waals surface area contributed by atoms with Crippen LogP contribution in [0.1, 0.15) is 16.6 Å². The van der Waals surface area contributed by atoms with Gasteiger partial charge in [0.15, 0.2) is 6.23 Å². The van der Waals surface area contributed by atoms with E-state index in [1.807, 2.05) is 0 Å². The summed E-state index contributed by atoms with van der Waals surface area (Å²) in [6.45, 7) is -0.345. The second kappa shape index (κ2) is 8.00. The number of hydrogen-bond donors (Lipinski definition) is 3. The highest BCUT2D eigenvalue weighted by molar-refractivity contribution is 7.99. The van der Waals surface area contributed by atoms with Gasteiger partial charge in [-0.2, -0.15) is 16.7 Å². The number of hydrogen-bond acceptors (Lipinski definition) is 7. The third-order valence-corrected chi connectivity index (χ3v) is 5.20. The van der Waals surface area contributed by atoms with Gasteiger partial charge in [-0.1, -0.05) is 18.2 Å². The number of aromatic nitrogens is 2.